The Labute approximate surface area is 113 Å². The molecule has 1 aromatic rings. The Kier molecular flexibility index (Phi) is 4.87. The van der Waals surface area contributed by atoms with Crippen molar-refractivity contribution in [2.45, 2.75) is 13.0 Å². The Morgan fingerprint density at radius 1 is 1.21 bits per heavy atom. The Bertz CT molecular complexity index is 438. The van der Waals surface area contributed by atoms with E-state index in [0.29, 0.717) is 18.7 Å². The van der Waals surface area contributed by atoms with Crippen LogP contribution in [0.4, 0.5) is 4.39 Å². The van der Waals surface area contributed by atoms with Crippen molar-refractivity contribution in [1.82, 2.24) is 9.80 Å². The number of rotatable bonds is 3. The molecule has 1 amide bonds. The summed E-state index contributed by atoms with van der Waals surface area (Å²) >= 11 is 0. The summed E-state index contributed by atoms with van der Waals surface area (Å²) < 4.78 is 13.6. The minimum Gasteiger partial charge on any atom is -0.340 e. The van der Waals surface area contributed by atoms with Crippen LogP contribution in [-0.2, 0) is 11.3 Å². The molecule has 19 heavy (non-hydrogen) atoms. The van der Waals surface area contributed by atoms with E-state index in [0.717, 1.165) is 26.1 Å². The summed E-state index contributed by atoms with van der Waals surface area (Å²) in [6.07, 6.45) is 0.903. The quantitative estimate of drug-likeness (QED) is 0.880. The lowest BCUT2D eigenvalue weighted by atomic mass is 10.2. The fourth-order valence-corrected chi connectivity index (χ4v) is 2.38. The van der Waals surface area contributed by atoms with Crippen molar-refractivity contribution in [2.24, 2.45) is 5.73 Å². The number of amides is 1. The van der Waals surface area contributed by atoms with Crippen LogP contribution in [0.25, 0.3) is 0 Å². The highest BCUT2D eigenvalue weighted by atomic mass is 19.1. The van der Waals surface area contributed by atoms with E-state index in [1.807, 2.05) is 12.1 Å². The predicted molar refractivity (Wildman–Crippen MR) is 71.9 cm³/mol. The number of carbonyl (C=O) groups is 1. The van der Waals surface area contributed by atoms with Gasteiger partial charge >= 0.3 is 0 Å². The van der Waals surface area contributed by atoms with Crippen molar-refractivity contribution in [3.8, 4) is 0 Å². The van der Waals surface area contributed by atoms with E-state index in [2.05, 4.69) is 4.90 Å². The third-order valence-electron chi connectivity index (χ3n) is 3.47. The van der Waals surface area contributed by atoms with E-state index in [9.17, 15) is 9.18 Å². The lowest BCUT2D eigenvalue weighted by Gasteiger charge is -2.21. The summed E-state index contributed by atoms with van der Waals surface area (Å²) in [6.45, 7) is 3.71. The van der Waals surface area contributed by atoms with E-state index in [4.69, 9.17) is 5.73 Å². The van der Waals surface area contributed by atoms with Gasteiger partial charge in [0.05, 0.1) is 6.54 Å². The average Bonchev–Trinajstić information content (AvgIpc) is 2.66. The van der Waals surface area contributed by atoms with Crippen LogP contribution in [0.3, 0.4) is 0 Å². The molecule has 0 spiro atoms. The van der Waals surface area contributed by atoms with Gasteiger partial charge in [-0.25, -0.2) is 4.39 Å². The standard InChI is InChI=1S/C14H20FN3O/c15-13-5-2-1-4-12(13)11-17-6-3-7-18(9-8-17)14(19)10-16/h1-2,4-5H,3,6-11,16H2. The molecule has 0 saturated carbocycles. The highest BCUT2D eigenvalue weighted by Gasteiger charge is 2.18. The van der Waals surface area contributed by atoms with E-state index in [1.165, 1.54) is 6.07 Å². The Balaban J connectivity index is 1.93. The Morgan fingerprint density at radius 2 is 2.00 bits per heavy atom. The number of hydrogen-bond acceptors (Lipinski definition) is 3. The normalized spacial score (nSPS) is 17.3. The van der Waals surface area contributed by atoms with Crippen LogP contribution in [0, 0.1) is 5.82 Å². The first-order chi connectivity index (χ1) is 9.20. The van der Waals surface area contributed by atoms with Gasteiger partial charge in [0.2, 0.25) is 5.91 Å². The molecule has 1 fully saturated rings. The second-order valence-corrected chi connectivity index (χ2v) is 4.81. The van der Waals surface area contributed by atoms with Crippen LogP contribution >= 0.6 is 0 Å². The zero-order chi connectivity index (χ0) is 13.7. The number of carbonyl (C=O) groups excluding carboxylic acids is 1. The predicted octanol–water partition coefficient (Wildman–Crippen LogP) is 0.819. The number of benzene rings is 1. The van der Waals surface area contributed by atoms with Crippen molar-refractivity contribution in [2.75, 3.05) is 32.7 Å². The molecule has 104 valence electrons. The molecule has 4 nitrogen and oxygen atoms in total. The molecular formula is C14H20FN3O. The number of nitrogens with zero attached hydrogens (tertiary/aromatic N) is 2. The maximum absolute atomic E-state index is 13.6. The molecule has 2 N–H and O–H groups in total. The van der Waals surface area contributed by atoms with Gasteiger partial charge in [0.15, 0.2) is 0 Å². The van der Waals surface area contributed by atoms with Gasteiger partial charge < -0.3 is 10.6 Å². The van der Waals surface area contributed by atoms with Crippen LogP contribution in [0.1, 0.15) is 12.0 Å². The molecule has 1 heterocycles. The molecule has 0 radical (unpaired) electrons. The first-order valence-electron chi connectivity index (χ1n) is 6.64. The van der Waals surface area contributed by atoms with Crippen molar-refractivity contribution in [3.63, 3.8) is 0 Å². The summed E-state index contributed by atoms with van der Waals surface area (Å²) in [5, 5.41) is 0. The van der Waals surface area contributed by atoms with Crippen LogP contribution < -0.4 is 5.73 Å². The lowest BCUT2D eigenvalue weighted by Crippen LogP contribution is -2.38. The summed E-state index contributed by atoms with van der Waals surface area (Å²) in [5.41, 5.74) is 6.09. The molecular weight excluding hydrogens is 245 g/mol. The van der Waals surface area contributed by atoms with Gasteiger partial charge in [-0.1, -0.05) is 18.2 Å². The third-order valence-corrected chi connectivity index (χ3v) is 3.47. The van der Waals surface area contributed by atoms with E-state index in [1.54, 1.807) is 11.0 Å². The summed E-state index contributed by atoms with van der Waals surface area (Å²) in [4.78, 5) is 15.5. The third kappa shape index (κ3) is 3.75. The van der Waals surface area contributed by atoms with Gasteiger partial charge in [-0.05, 0) is 12.5 Å². The van der Waals surface area contributed by atoms with Gasteiger partial charge in [0.25, 0.3) is 0 Å². The van der Waals surface area contributed by atoms with Crippen molar-refractivity contribution >= 4 is 5.91 Å². The molecule has 1 aromatic carbocycles. The lowest BCUT2D eigenvalue weighted by molar-refractivity contribution is -0.129. The van der Waals surface area contributed by atoms with Crippen LogP contribution in [0.15, 0.2) is 24.3 Å². The maximum Gasteiger partial charge on any atom is 0.236 e. The van der Waals surface area contributed by atoms with E-state index in [-0.39, 0.29) is 18.3 Å². The molecule has 0 atom stereocenters. The summed E-state index contributed by atoms with van der Waals surface area (Å²) in [5.74, 6) is -0.172. The van der Waals surface area contributed by atoms with Gasteiger partial charge in [-0.15, -0.1) is 0 Å². The van der Waals surface area contributed by atoms with Crippen molar-refractivity contribution in [3.05, 3.63) is 35.6 Å². The minimum atomic E-state index is -0.165. The van der Waals surface area contributed by atoms with Gasteiger partial charge in [-0.2, -0.15) is 0 Å². The average molecular weight is 265 g/mol. The molecule has 2 rings (SSSR count). The smallest absolute Gasteiger partial charge is 0.236 e. The van der Waals surface area contributed by atoms with Crippen molar-refractivity contribution < 1.29 is 9.18 Å². The molecule has 1 saturated heterocycles. The molecule has 1 aliphatic rings. The first kappa shape index (κ1) is 14.0. The van der Waals surface area contributed by atoms with Crippen LogP contribution in [-0.4, -0.2) is 48.4 Å². The van der Waals surface area contributed by atoms with Gasteiger partial charge in [-0.3, -0.25) is 9.69 Å². The number of nitrogens with two attached hydrogens (primary N) is 1. The SMILES string of the molecule is NCC(=O)N1CCCN(Cc2ccccc2F)CC1. The Morgan fingerprint density at radius 3 is 2.74 bits per heavy atom. The topological polar surface area (TPSA) is 49.6 Å². The number of hydrogen-bond donors (Lipinski definition) is 1. The van der Waals surface area contributed by atoms with E-state index >= 15 is 0 Å². The van der Waals surface area contributed by atoms with Gasteiger partial charge in [0.1, 0.15) is 5.82 Å². The molecule has 0 aliphatic carbocycles. The zero-order valence-corrected chi connectivity index (χ0v) is 11.0. The molecule has 0 bridgehead atoms. The highest BCUT2D eigenvalue weighted by molar-refractivity contribution is 5.78. The number of halogens is 1. The monoisotopic (exact) mass is 265 g/mol. The van der Waals surface area contributed by atoms with E-state index < -0.39 is 0 Å². The summed E-state index contributed by atoms with van der Waals surface area (Å²) in [6, 6.07) is 6.84. The molecule has 0 unspecified atom stereocenters. The highest BCUT2D eigenvalue weighted by Crippen LogP contribution is 2.12. The maximum atomic E-state index is 13.6. The summed E-state index contributed by atoms with van der Waals surface area (Å²) in [7, 11) is 0. The largest absolute Gasteiger partial charge is 0.340 e. The second kappa shape index (κ2) is 6.63. The Hall–Kier alpha value is -1.46. The first-order valence-corrected chi connectivity index (χ1v) is 6.64. The van der Waals surface area contributed by atoms with Crippen LogP contribution in [0.2, 0.25) is 0 Å². The fourth-order valence-electron chi connectivity index (χ4n) is 2.38. The van der Waals surface area contributed by atoms with Crippen molar-refractivity contribution in [1.29, 1.82) is 0 Å². The second-order valence-electron chi connectivity index (χ2n) is 4.81. The molecule has 0 aromatic heterocycles. The van der Waals surface area contributed by atoms with Crippen LogP contribution in [0.5, 0.6) is 0 Å². The molecule has 5 heteroatoms. The fraction of sp³-hybridized carbons (Fsp3) is 0.500. The minimum absolute atomic E-state index is 0.00672. The van der Waals surface area contributed by atoms with Gasteiger partial charge in [0, 0.05) is 38.3 Å². The zero-order valence-electron chi connectivity index (χ0n) is 11.0. The molecule has 1 aliphatic heterocycles.